The van der Waals surface area contributed by atoms with Crippen molar-refractivity contribution < 1.29 is 17.9 Å². The van der Waals surface area contributed by atoms with Gasteiger partial charge in [-0.2, -0.15) is 13.2 Å². The van der Waals surface area contributed by atoms with Crippen LogP contribution >= 0.6 is 0 Å². The van der Waals surface area contributed by atoms with Gasteiger partial charge in [-0.1, -0.05) is 36.4 Å². The summed E-state index contributed by atoms with van der Waals surface area (Å²) in [7, 11) is 0. The van der Waals surface area contributed by atoms with Crippen molar-refractivity contribution in [3.63, 3.8) is 0 Å². The second-order valence-corrected chi connectivity index (χ2v) is 5.54. The summed E-state index contributed by atoms with van der Waals surface area (Å²) in [6.07, 6.45) is -3.60. The molecule has 0 aliphatic carbocycles. The molecule has 23 heavy (non-hydrogen) atoms. The van der Waals surface area contributed by atoms with E-state index in [9.17, 15) is 13.2 Å². The SMILES string of the molecule is FC(F)(F)c1cccc(NCC2CCOC2c2ccccc2)n1. The maximum Gasteiger partial charge on any atom is 0.433 e. The number of halogens is 3. The van der Waals surface area contributed by atoms with Crippen LogP contribution in [0.4, 0.5) is 19.0 Å². The average molecular weight is 322 g/mol. The Morgan fingerprint density at radius 2 is 1.87 bits per heavy atom. The molecular weight excluding hydrogens is 305 g/mol. The first kappa shape index (κ1) is 15.8. The van der Waals surface area contributed by atoms with Crippen molar-refractivity contribution in [2.45, 2.75) is 18.7 Å². The fourth-order valence-electron chi connectivity index (χ4n) is 2.78. The molecule has 0 spiro atoms. The summed E-state index contributed by atoms with van der Waals surface area (Å²) in [5.41, 5.74) is 0.207. The van der Waals surface area contributed by atoms with Crippen molar-refractivity contribution in [1.82, 2.24) is 4.98 Å². The quantitative estimate of drug-likeness (QED) is 0.912. The van der Waals surface area contributed by atoms with Gasteiger partial charge in [0.25, 0.3) is 0 Å². The van der Waals surface area contributed by atoms with E-state index in [1.165, 1.54) is 6.07 Å². The molecule has 1 aromatic heterocycles. The van der Waals surface area contributed by atoms with E-state index >= 15 is 0 Å². The first-order chi connectivity index (χ1) is 11.0. The van der Waals surface area contributed by atoms with Crippen LogP contribution in [0, 0.1) is 5.92 Å². The Hall–Kier alpha value is -2.08. The summed E-state index contributed by atoms with van der Waals surface area (Å²) < 4.78 is 43.8. The second-order valence-electron chi connectivity index (χ2n) is 5.54. The van der Waals surface area contributed by atoms with E-state index < -0.39 is 11.9 Å². The number of alkyl halides is 3. The van der Waals surface area contributed by atoms with Gasteiger partial charge >= 0.3 is 6.18 Å². The average Bonchev–Trinajstić information content (AvgIpc) is 3.02. The number of nitrogens with zero attached hydrogens (tertiary/aromatic N) is 1. The molecule has 1 saturated heterocycles. The molecule has 6 heteroatoms. The lowest BCUT2D eigenvalue weighted by molar-refractivity contribution is -0.141. The van der Waals surface area contributed by atoms with Gasteiger partial charge in [0.05, 0.1) is 6.10 Å². The van der Waals surface area contributed by atoms with Gasteiger partial charge in [-0.25, -0.2) is 4.98 Å². The zero-order valence-corrected chi connectivity index (χ0v) is 12.4. The molecule has 1 aliphatic heterocycles. The van der Waals surface area contributed by atoms with Crippen LogP contribution in [0.2, 0.25) is 0 Å². The van der Waals surface area contributed by atoms with E-state index in [0.29, 0.717) is 13.2 Å². The van der Waals surface area contributed by atoms with Crippen LogP contribution in [0.5, 0.6) is 0 Å². The zero-order valence-electron chi connectivity index (χ0n) is 12.4. The highest BCUT2D eigenvalue weighted by Gasteiger charge is 2.33. The minimum Gasteiger partial charge on any atom is -0.373 e. The summed E-state index contributed by atoms with van der Waals surface area (Å²) in [5.74, 6) is 0.437. The van der Waals surface area contributed by atoms with Crippen molar-refractivity contribution in [3.05, 3.63) is 59.8 Å². The number of nitrogens with one attached hydrogen (secondary N) is 1. The van der Waals surface area contributed by atoms with E-state index in [1.54, 1.807) is 6.07 Å². The van der Waals surface area contributed by atoms with Gasteiger partial charge in [0.1, 0.15) is 11.5 Å². The number of anilines is 1. The standard InChI is InChI=1S/C17H17F3N2O/c18-17(19,20)14-7-4-8-15(22-14)21-11-13-9-10-23-16(13)12-5-2-1-3-6-12/h1-8,13,16H,9-11H2,(H,21,22). The molecule has 1 N–H and O–H groups in total. The third kappa shape index (κ3) is 3.82. The first-order valence-electron chi connectivity index (χ1n) is 7.49. The Morgan fingerprint density at radius 1 is 1.09 bits per heavy atom. The highest BCUT2D eigenvalue weighted by Crippen LogP contribution is 2.34. The number of benzene rings is 1. The fraction of sp³-hybridized carbons (Fsp3) is 0.353. The van der Waals surface area contributed by atoms with Crippen molar-refractivity contribution in [2.75, 3.05) is 18.5 Å². The van der Waals surface area contributed by atoms with Crippen molar-refractivity contribution in [1.29, 1.82) is 0 Å². The first-order valence-corrected chi connectivity index (χ1v) is 7.49. The number of hydrogen-bond donors (Lipinski definition) is 1. The van der Waals surface area contributed by atoms with Crippen LogP contribution in [0.1, 0.15) is 23.8 Å². The van der Waals surface area contributed by atoms with Gasteiger partial charge in [0, 0.05) is 19.1 Å². The molecule has 3 nitrogen and oxygen atoms in total. The Labute approximate surface area is 132 Å². The minimum absolute atomic E-state index is 0.0329. The molecule has 1 fully saturated rings. The van der Waals surface area contributed by atoms with Crippen molar-refractivity contribution >= 4 is 5.82 Å². The van der Waals surface area contributed by atoms with Crippen LogP contribution < -0.4 is 5.32 Å². The Morgan fingerprint density at radius 3 is 2.61 bits per heavy atom. The molecule has 122 valence electrons. The van der Waals surface area contributed by atoms with Gasteiger partial charge in [-0.05, 0) is 24.1 Å². The molecule has 0 bridgehead atoms. The smallest absolute Gasteiger partial charge is 0.373 e. The fourth-order valence-corrected chi connectivity index (χ4v) is 2.78. The number of pyridine rings is 1. The molecule has 2 unspecified atom stereocenters. The van der Waals surface area contributed by atoms with E-state index in [4.69, 9.17) is 4.74 Å². The molecule has 2 aromatic rings. The molecule has 2 heterocycles. The Bertz CT molecular complexity index is 646. The van der Waals surface area contributed by atoms with E-state index in [-0.39, 0.29) is 17.8 Å². The Kier molecular flexibility index (Phi) is 4.52. The van der Waals surface area contributed by atoms with Gasteiger partial charge in [-0.15, -0.1) is 0 Å². The summed E-state index contributed by atoms with van der Waals surface area (Å²) in [6.45, 7) is 1.18. The zero-order chi connectivity index (χ0) is 16.3. The van der Waals surface area contributed by atoms with Gasteiger partial charge < -0.3 is 10.1 Å². The van der Waals surface area contributed by atoms with Crippen LogP contribution in [-0.4, -0.2) is 18.1 Å². The van der Waals surface area contributed by atoms with Gasteiger partial charge in [0.15, 0.2) is 0 Å². The maximum atomic E-state index is 12.7. The highest BCUT2D eigenvalue weighted by molar-refractivity contribution is 5.36. The lowest BCUT2D eigenvalue weighted by atomic mass is 9.95. The molecule has 1 aliphatic rings. The van der Waals surface area contributed by atoms with Crippen LogP contribution in [0.25, 0.3) is 0 Å². The Balaban J connectivity index is 1.66. The summed E-state index contributed by atoms with van der Waals surface area (Å²) in [6, 6.07) is 13.7. The molecular formula is C17H17F3N2O. The van der Waals surface area contributed by atoms with Crippen LogP contribution in [0.3, 0.4) is 0 Å². The molecule has 3 rings (SSSR count). The molecule has 1 aromatic carbocycles. The van der Waals surface area contributed by atoms with Crippen LogP contribution in [0.15, 0.2) is 48.5 Å². The molecule has 2 atom stereocenters. The predicted octanol–water partition coefficient (Wildman–Crippen LogP) is 4.29. The summed E-state index contributed by atoms with van der Waals surface area (Å²) in [5, 5.41) is 3.01. The van der Waals surface area contributed by atoms with E-state index in [1.807, 2.05) is 30.3 Å². The number of hydrogen-bond acceptors (Lipinski definition) is 3. The van der Waals surface area contributed by atoms with Gasteiger partial charge in [0.2, 0.25) is 0 Å². The van der Waals surface area contributed by atoms with E-state index in [2.05, 4.69) is 10.3 Å². The topological polar surface area (TPSA) is 34.1 Å². The summed E-state index contributed by atoms with van der Waals surface area (Å²) >= 11 is 0. The van der Waals surface area contributed by atoms with Gasteiger partial charge in [-0.3, -0.25) is 0 Å². The van der Waals surface area contributed by atoms with Crippen LogP contribution in [-0.2, 0) is 10.9 Å². The monoisotopic (exact) mass is 322 g/mol. The molecule has 0 radical (unpaired) electrons. The number of aromatic nitrogens is 1. The highest BCUT2D eigenvalue weighted by atomic mass is 19.4. The number of ether oxygens (including phenoxy) is 1. The second kappa shape index (κ2) is 6.58. The summed E-state index contributed by atoms with van der Waals surface area (Å²) in [4.78, 5) is 3.63. The maximum absolute atomic E-state index is 12.7. The molecule has 0 saturated carbocycles. The van der Waals surface area contributed by atoms with E-state index in [0.717, 1.165) is 18.1 Å². The third-order valence-corrected chi connectivity index (χ3v) is 3.93. The predicted molar refractivity (Wildman–Crippen MR) is 81.0 cm³/mol. The minimum atomic E-state index is -4.43. The lowest BCUT2D eigenvalue weighted by Crippen LogP contribution is -2.19. The number of rotatable bonds is 4. The molecule has 0 amide bonds. The third-order valence-electron chi connectivity index (χ3n) is 3.93. The van der Waals surface area contributed by atoms with Crippen molar-refractivity contribution in [3.8, 4) is 0 Å². The van der Waals surface area contributed by atoms with Crippen molar-refractivity contribution in [2.24, 2.45) is 5.92 Å². The largest absolute Gasteiger partial charge is 0.433 e. The normalized spacial score (nSPS) is 21.3. The lowest BCUT2D eigenvalue weighted by Gasteiger charge is -2.20.